The third-order valence-electron chi connectivity index (χ3n) is 3.55. The molecule has 1 unspecified atom stereocenters. The van der Waals surface area contributed by atoms with E-state index < -0.39 is 10.0 Å². The molecule has 138 valence electrons. The Kier molecular flexibility index (Phi) is 11.9. The number of sulfonamides is 1. The third-order valence-corrected chi connectivity index (χ3v) is 6.49. The standard InChI is InChI=1S/C14H30N4O2S2.HI/c1-5-15-14(16-7-8-17-22(19,20)6-2)18-9-10-21-13(11-18)12(3)4;/h12-13,17H,5-11H2,1-4H3,(H,15,16);1H. The molecule has 9 heteroatoms. The molecule has 0 amide bonds. The van der Waals surface area contributed by atoms with E-state index in [1.165, 1.54) is 0 Å². The van der Waals surface area contributed by atoms with Crippen molar-refractivity contribution in [1.82, 2.24) is 14.9 Å². The molecule has 0 radical (unpaired) electrons. The van der Waals surface area contributed by atoms with Crippen molar-refractivity contribution in [1.29, 1.82) is 0 Å². The van der Waals surface area contributed by atoms with E-state index in [9.17, 15) is 8.42 Å². The zero-order valence-corrected chi connectivity index (χ0v) is 18.5. The fourth-order valence-corrected chi connectivity index (χ4v) is 4.07. The van der Waals surface area contributed by atoms with Gasteiger partial charge in [-0.1, -0.05) is 13.8 Å². The molecule has 0 aromatic carbocycles. The van der Waals surface area contributed by atoms with Crippen molar-refractivity contribution in [3.8, 4) is 0 Å². The Balaban J connectivity index is 0.00000484. The molecule has 0 aromatic heterocycles. The minimum Gasteiger partial charge on any atom is -0.357 e. The van der Waals surface area contributed by atoms with Crippen molar-refractivity contribution >= 4 is 51.7 Å². The highest BCUT2D eigenvalue weighted by Gasteiger charge is 2.24. The average molecular weight is 478 g/mol. The maximum absolute atomic E-state index is 11.4. The minimum atomic E-state index is -3.13. The first kappa shape index (κ1) is 23.3. The summed E-state index contributed by atoms with van der Waals surface area (Å²) in [6.07, 6.45) is 0. The SMILES string of the molecule is CCNC(=NCCNS(=O)(=O)CC)N1CCSC(C(C)C)C1.I. The summed E-state index contributed by atoms with van der Waals surface area (Å²) >= 11 is 2.03. The number of halogens is 1. The predicted octanol–water partition coefficient (Wildman–Crippen LogP) is 1.58. The molecule has 0 saturated carbocycles. The lowest BCUT2D eigenvalue weighted by Crippen LogP contribution is -2.49. The number of hydrogen-bond donors (Lipinski definition) is 2. The molecule has 23 heavy (non-hydrogen) atoms. The zero-order chi connectivity index (χ0) is 16.6. The molecule has 6 nitrogen and oxygen atoms in total. The predicted molar refractivity (Wildman–Crippen MR) is 112 cm³/mol. The fraction of sp³-hybridized carbons (Fsp3) is 0.929. The van der Waals surface area contributed by atoms with Crippen molar-refractivity contribution < 1.29 is 8.42 Å². The van der Waals surface area contributed by atoms with Crippen molar-refractivity contribution in [2.45, 2.75) is 32.9 Å². The van der Waals surface area contributed by atoms with Gasteiger partial charge in [-0.2, -0.15) is 11.8 Å². The highest BCUT2D eigenvalue weighted by atomic mass is 127. The molecule has 1 fully saturated rings. The average Bonchev–Trinajstić information content (AvgIpc) is 2.50. The van der Waals surface area contributed by atoms with Gasteiger partial charge in [0, 0.05) is 37.2 Å². The first-order valence-corrected chi connectivity index (χ1v) is 10.7. The quantitative estimate of drug-likeness (QED) is 0.252. The molecule has 0 aliphatic carbocycles. The Hall–Kier alpha value is 0.260. The molecular weight excluding hydrogens is 447 g/mol. The van der Waals surface area contributed by atoms with Crippen LogP contribution >= 0.6 is 35.7 Å². The largest absolute Gasteiger partial charge is 0.357 e. The number of nitrogens with zero attached hydrogens (tertiary/aromatic N) is 2. The topological polar surface area (TPSA) is 73.8 Å². The van der Waals surface area contributed by atoms with E-state index >= 15 is 0 Å². The number of rotatable bonds is 7. The van der Waals surface area contributed by atoms with Gasteiger partial charge in [0.15, 0.2) is 5.96 Å². The van der Waals surface area contributed by atoms with Gasteiger partial charge in [0.2, 0.25) is 10.0 Å². The first-order valence-electron chi connectivity index (χ1n) is 8.01. The van der Waals surface area contributed by atoms with Crippen molar-refractivity contribution in [2.75, 3.05) is 44.2 Å². The van der Waals surface area contributed by atoms with E-state index in [1.807, 2.05) is 18.7 Å². The van der Waals surface area contributed by atoms with Gasteiger partial charge in [-0.25, -0.2) is 13.1 Å². The Morgan fingerprint density at radius 1 is 1.39 bits per heavy atom. The Morgan fingerprint density at radius 3 is 2.65 bits per heavy atom. The van der Waals surface area contributed by atoms with Crippen LogP contribution in [0.1, 0.15) is 27.7 Å². The summed E-state index contributed by atoms with van der Waals surface area (Å²) in [5, 5.41) is 3.93. The van der Waals surface area contributed by atoms with Crippen molar-refractivity contribution in [3.05, 3.63) is 0 Å². The van der Waals surface area contributed by atoms with Crippen LogP contribution in [-0.4, -0.2) is 68.8 Å². The number of guanidine groups is 1. The van der Waals surface area contributed by atoms with Gasteiger partial charge in [0.1, 0.15) is 0 Å². The first-order chi connectivity index (χ1) is 10.4. The molecule has 1 rings (SSSR count). The Bertz CT molecular complexity index is 458. The summed E-state index contributed by atoms with van der Waals surface area (Å²) in [6.45, 7) is 11.8. The molecule has 1 aliphatic rings. The zero-order valence-electron chi connectivity index (χ0n) is 14.5. The van der Waals surface area contributed by atoms with Gasteiger partial charge < -0.3 is 10.2 Å². The van der Waals surface area contributed by atoms with Crippen LogP contribution in [0.15, 0.2) is 4.99 Å². The van der Waals surface area contributed by atoms with Crippen LogP contribution in [0, 0.1) is 5.92 Å². The monoisotopic (exact) mass is 478 g/mol. The lowest BCUT2D eigenvalue weighted by atomic mass is 10.1. The molecule has 2 N–H and O–H groups in total. The summed E-state index contributed by atoms with van der Waals surface area (Å²) in [6, 6.07) is 0. The molecule has 1 atom stereocenters. The lowest BCUT2D eigenvalue weighted by molar-refractivity contribution is 0.381. The van der Waals surface area contributed by atoms with Crippen LogP contribution in [0.4, 0.5) is 0 Å². The van der Waals surface area contributed by atoms with Crippen LogP contribution in [0.5, 0.6) is 0 Å². The van der Waals surface area contributed by atoms with Crippen LogP contribution in [-0.2, 0) is 10.0 Å². The highest BCUT2D eigenvalue weighted by Crippen LogP contribution is 2.24. The normalized spacial score (nSPS) is 19.6. The van der Waals surface area contributed by atoms with Gasteiger partial charge in [0.25, 0.3) is 0 Å². The second kappa shape index (κ2) is 11.8. The summed E-state index contributed by atoms with van der Waals surface area (Å²) in [5.41, 5.74) is 0. The van der Waals surface area contributed by atoms with Gasteiger partial charge in [-0.15, -0.1) is 24.0 Å². The van der Waals surface area contributed by atoms with Crippen LogP contribution in [0.3, 0.4) is 0 Å². The third kappa shape index (κ3) is 8.78. The fourth-order valence-electron chi connectivity index (χ4n) is 2.16. The Morgan fingerprint density at radius 2 is 2.09 bits per heavy atom. The van der Waals surface area contributed by atoms with E-state index in [0.717, 1.165) is 31.3 Å². The molecule has 1 aliphatic heterocycles. The number of thioether (sulfide) groups is 1. The van der Waals surface area contributed by atoms with E-state index in [1.54, 1.807) is 6.92 Å². The molecule has 0 bridgehead atoms. The van der Waals surface area contributed by atoms with E-state index in [4.69, 9.17) is 0 Å². The number of nitrogens with one attached hydrogen (secondary N) is 2. The highest BCUT2D eigenvalue weighted by molar-refractivity contribution is 14.0. The van der Waals surface area contributed by atoms with Crippen LogP contribution in [0.2, 0.25) is 0 Å². The van der Waals surface area contributed by atoms with E-state index in [0.29, 0.717) is 24.3 Å². The van der Waals surface area contributed by atoms with Gasteiger partial charge in [0.05, 0.1) is 12.3 Å². The summed E-state index contributed by atoms with van der Waals surface area (Å²) in [5.74, 6) is 2.75. The van der Waals surface area contributed by atoms with E-state index in [-0.39, 0.29) is 29.7 Å². The summed E-state index contributed by atoms with van der Waals surface area (Å²) in [7, 11) is -3.13. The molecule has 0 aromatic rings. The summed E-state index contributed by atoms with van der Waals surface area (Å²) in [4.78, 5) is 6.85. The van der Waals surface area contributed by atoms with Gasteiger partial charge in [-0.3, -0.25) is 4.99 Å². The van der Waals surface area contributed by atoms with Gasteiger partial charge >= 0.3 is 0 Å². The molecule has 1 saturated heterocycles. The van der Waals surface area contributed by atoms with E-state index in [2.05, 4.69) is 33.8 Å². The molecular formula is C14H31IN4O2S2. The smallest absolute Gasteiger partial charge is 0.211 e. The van der Waals surface area contributed by atoms with Gasteiger partial charge in [-0.05, 0) is 19.8 Å². The van der Waals surface area contributed by atoms with Crippen LogP contribution in [0.25, 0.3) is 0 Å². The number of aliphatic imine (C=N–C) groups is 1. The van der Waals surface area contributed by atoms with Crippen molar-refractivity contribution in [3.63, 3.8) is 0 Å². The maximum atomic E-state index is 11.4. The minimum absolute atomic E-state index is 0. The lowest BCUT2D eigenvalue weighted by Gasteiger charge is -2.36. The number of hydrogen-bond acceptors (Lipinski definition) is 4. The van der Waals surface area contributed by atoms with Crippen LogP contribution < -0.4 is 10.0 Å². The second-order valence-corrected chi connectivity index (χ2v) is 9.08. The Labute approximate surface area is 162 Å². The molecule has 1 heterocycles. The molecule has 0 spiro atoms. The summed E-state index contributed by atoms with van der Waals surface area (Å²) < 4.78 is 25.4. The second-order valence-electron chi connectivity index (χ2n) is 5.63. The maximum Gasteiger partial charge on any atom is 0.211 e. The van der Waals surface area contributed by atoms with Crippen molar-refractivity contribution in [2.24, 2.45) is 10.9 Å².